The van der Waals surface area contributed by atoms with Gasteiger partial charge in [0.15, 0.2) is 0 Å². The summed E-state index contributed by atoms with van der Waals surface area (Å²) in [5.41, 5.74) is 0. The molecule has 0 amide bonds. The van der Waals surface area contributed by atoms with E-state index in [0.29, 0.717) is 0 Å². The summed E-state index contributed by atoms with van der Waals surface area (Å²) in [6.45, 7) is 0. The van der Waals surface area contributed by atoms with E-state index in [-0.39, 0.29) is 220 Å². The van der Waals surface area contributed by atoms with Gasteiger partial charge in [0.2, 0.25) is 0 Å². The van der Waals surface area contributed by atoms with Crippen LogP contribution in [0.3, 0.4) is 0 Å². The van der Waals surface area contributed by atoms with E-state index in [1.807, 2.05) is 0 Å². The molecular formula is Ga5N2O2Zn5. The Hall–Kier alpha value is 6.14. The third-order valence-corrected chi connectivity index (χ3v) is 0. The predicted molar refractivity (Wildman–Crippen MR) is 36.9 cm³/mol. The van der Waals surface area contributed by atoms with Crippen molar-refractivity contribution in [3.05, 3.63) is 12.3 Å². The summed E-state index contributed by atoms with van der Waals surface area (Å²) < 4.78 is 0. The van der Waals surface area contributed by atoms with Gasteiger partial charge in [0.25, 0.3) is 0 Å². The van der Waals surface area contributed by atoms with Crippen molar-refractivity contribution in [3.63, 3.8) is 0 Å². The van der Waals surface area contributed by atoms with Gasteiger partial charge in [-0.2, -0.15) is 0 Å². The van der Waals surface area contributed by atoms with Crippen molar-refractivity contribution in [1.29, 1.82) is 0 Å². The Morgan fingerprint density at radius 2 is 0.286 bits per heavy atom. The van der Waals surface area contributed by atoms with Gasteiger partial charge in [-0.1, -0.05) is 0 Å². The first-order valence-corrected chi connectivity index (χ1v) is 0. The second-order valence-electron chi connectivity index (χ2n) is 0. The van der Waals surface area contributed by atoms with Crippen LogP contribution in [0, 0.1) is 0 Å². The average Bonchev–Trinajstić information content (AvgIpc) is 0. The molecule has 0 N–H and O–H groups in total. The summed E-state index contributed by atoms with van der Waals surface area (Å²) >= 11 is 0. The molecule has 0 bridgehead atoms. The molecule has 0 aliphatic heterocycles. The van der Waals surface area contributed by atoms with Gasteiger partial charge in [-0.05, 0) is 0 Å². The number of hydrogen-bond acceptors (Lipinski definition) is 0. The fraction of sp³-hybridized carbons (Fsp3) is 0. The Kier molecular flexibility index (Phi) is 2340. The van der Waals surface area contributed by atoms with Gasteiger partial charge in [-0.25, -0.2) is 0 Å². The van der Waals surface area contributed by atoms with Crippen molar-refractivity contribution < 1.29 is 108 Å². The smallest absolute Gasteiger partial charge is 2.00 e. The molecular weight excluding hydrogens is 736 g/mol. The fourth-order valence-electron chi connectivity index (χ4n) is 0. The summed E-state index contributed by atoms with van der Waals surface area (Å²) in [7, 11) is 0. The van der Waals surface area contributed by atoms with Crippen LogP contribution in [0.5, 0.6) is 0 Å². The van der Waals surface area contributed by atoms with Crippen LogP contribution in [0.25, 0.3) is 12.3 Å². The minimum Gasteiger partial charge on any atom is -3.00 e. The van der Waals surface area contributed by atoms with Crippen LogP contribution >= 0.6 is 0 Å². The van der Waals surface area contributed by atoms with E-state index in [1.165, 1.54) is 0 Å². The number of nitrogens with zero attached hydrogens (tertiary/aromatic N) is 2. The molecule has 47 valence electrons. The Balaban J connectivity index is 0. The molecule has 0 heterocycles. The van der Waals surface area contributed by atoms with E-state index in [4.69, 9.17) is 0 Å². The van der Waals surface area contributed by atoms with Crippen molar-refractivity contribution in [2.24, 2.45) is 0 Å². The Bertz CT molecular complexity index is 26.1. The molecule has 0 saturated carbocycles. The normalized spacial score (nSPS) is 0. The SMILES string of the molecule is [Ga].[Ga].[Ga].[Ga].[Ga].[N-3].[N-3].[O-2].[O-2].[Zn+2].[Zn+2].[Zn+2].[Zn+2].[Zn+2]. The Labute approximate surface area is 215 Å². The molecule has 0 aromatic carbocycles. The second-order valence-corrected chi connectivity index (χ2v) is 0. The molecule has 0 unspecified atom stereocenters. The molecule has 0 spiro atoms. The van der Waals surface area contributed by atoms with Crippen LogP contribution in [-0.2, 0) is 108 Å². The summed E-state index contributed by atoms with van der Waals surface area (Å²) in [4.78, 5) is 0. The minimum absolute atomic E-state index is 0. The van der Waals surface area contributed by atoms with Crippen LogP contribution in [0.4, 0.5) is 0 Å². The van der Waals surface area contributed by atoms with Gasteiger partial charge in [-0.15, -0.1) is 0 Å². The van der Waals surface area contributed by atoms with E-state index >= 15 is 0 Å². The minimum atomic E-state index is 0. The van der Waals surface area contributed by atoms with Gasteiger partial charge in [0.1, 0.15) is 0 Å². The topological polar surface area (TPSA) is 118 Å². The van der Waals surface area contributed by atoms with Gasteiger partial charge in [0.05, 0.1) is 0 Å². The van der Waals surface area contributed by atoms with Crippen molar-refractivity contribution in [2.75, 3.05) is 0 Å². The number of rotatable bonds is 0. The maximum atomic E-state index is 0. The predicted octanol–water partition coefficient (Wildman–Crippen LogP) is -1.58. The molecule has 0 rings (SSSR count). The van der Waals surface area contributed by atoms with Crippen LogP contribution in [-0.4, -0.2) is 99.0 Å². The van der Waals surface area contributed by atoms with E-state index in [2.05, 4.69) is 0 Å². The summed E-state index contributed by atoms with van der Waals surface area (Å²) in [6, 6.07) is 0. The molecule has 15 radical (unpaired) electrons. The molecule has 4 nitrogen and oxygen atoms in total. The van der Waals surface area contributed by atoms with E-state index < -0.39 is 0 Å². The summed E-state index contributed by atoms with van der Waals surface area (Å²) in [6.07, 6.45) is 0. The first-order valence-electron chi connectivity index (χ1n) is 0. The van der Waals surface area contributed by atoms with Gasteiger partial charge in [0, 0.05) is 99.0 Å². The maximum absolute atomic E-state index is 0. The zero-order valence-corrected chi connectivity index (χ0v) is 35.1. The Morgan fingerprint density at radius 1 is 0.286 bits per heavy atom. The first kappa shape index (κ1) is 196. The zero-order chi connectivity index (χ0) is 0. The van der Waals surface area contributed by atoms with Crippen LogP contribution in [0.1, 0.15) is 0 Å². The monoisotopic (exact) mass is 724 g/mol. The van der Waals surface area contributed by atoms with E-state index in [0.717, 1.165) is 0 Å². The van der Waals surface area contributed by atoms with E-state index in [1.54, 1.807) is 0 Å². The van der Waals surface area contributed by atoms with Gasteiger partial charge < -0.3 is 23.3 Å². The van der Waals surface area contributed by atoms with Gasteiger partial charge >= 0.3 is 97.4 Å². The van der Waals surface area contributed by atoms with Crippen molar-refractivity contribution in [2.45, 2.75) is 0 Å². The van der Waals surface area contributed by atoms with Crippen molar-refractivity contribution in [1.82, 2.24) is 0 Å². The first-order chi connectivity index (χ1) is 0. The van der Waals surface area contributed by atoms with Crippen LogP contribution in [0.15, 0.2) is 0 Å². The molecule has 14 heavy (non-hydrogen) atoms. The molecule has 0 fully saturated rings. The van der Waals surface area contributed by atoms with Crippen molar-refractivity contribution in [3.8, 4) is 0 Å². The van der Waals surface area contributed by atoms with Crippen LogP contribution in [0.2, 0.25) is 0 Å². The second kappa shape index (κ2) is 167. The Morgan fingerprint density at radius 3 is 0.286 bits per heavy atom. The zero-order valence-electron chi connectivity index (χ0n) is 8.13. The van der Waals surface area contributed by atoms with Crippen molar-refractivity contribution >= 4 is 99.0 Å². The molecule has 0 aromatic heterocycles. The maximum Gasteiger partial charge on any atom is 2.00 e. The van der Waals surface area contributed by atoms with Gasteiger partial charge in [-0.3, -0.25) is 0 Å². The molecule has 0 aliphatic rings. The van der Waals surface area contributed by atoms with E-state index in [9.17, 15) is 0 Å². The summed E-state index contributed by atoms with van der Waals surface area (Å²) in [5.74, 6) is 0. The third-order valence-electron chi connectivity index (χ3n) is 0. The molecule has 0 saturated heterocycles. The molecule has 0 aromatic rings. The molecule has 14 heteroatoms. The fourth-order valence-corrected chi connectivity index (χ4v) is 0. The standard InChI is InChI=1S/5Ga.2N.2O.5Zn/q;;;;;2*-3;2*-2;5*+2. The number of hydrogen-bond donors (Lipinski definition) is 0. The quantitative estimate of drug-likeness (QED) is 0.268. The molecule has 0 atom stereocenters. The average molecular weight is 736 g/mol. The van der Waals surface area contributed by atoms with Crippen LogP contribution < -0.4 is 0 Å². The third kappa shape index (κ3) is 141. The largest absolute Gasteiger partial charge is 3.00 e. The molecule has 0 aliphatic carbocycles. The summed E-state index contributed by atoms with van der Waals surface area (Å²) in [5, 5.41) is 0.